The van der Waals surface area contributed by atoms with Crippen molar-refractivity contribution in [2.24, 2.45) is 0 Å². The molecule has 0 atom stereocenters. The summed E-state index contributed by atoms with van der Waals surface area (Å²) in [6, 6.07) is 12.8. The van der Waals surface area contributed by atoms with Crippen LogP contribution in [0.1, 0.15) is 20.0 Å². The number of hydrogen-bond acceptors (Lipinski definition) is 3. The van der Waals surface area contributed by atoms with Crippen LogP contribution in [0.3, 0.4) is 0 Å². The second-order valence-corrected chi connectivity index (χ2v) is 6.80. The number of rotatable bonds is 5. The molecule has 0 saturated carbocycles. The molecule has 0 unspecified atom stereocenters. The Morgan fingerprint density at radius 1 is 1.00 bits per heavy atom. The quantitative estimate of drug-likeness (QED) is 0.664. The molecule has 3 aromatic rings. The van der Waals surface area contributed by atoms with E-state index in [0.717, 1.165) is 4.70 Å². The Kier molecular flexibility index (Phi) is 5.31. The van der Waals surface area contributed by atoms with Crippen molar-refractivity contribution in [3.05, 3.63) is 69.8 Å². The summed E-state index contributed by atoms with van der Waals surface area (Å²) in [7, 11) is 0. The number of thiophene rings is 1. The van der Waals surface area contributed by atoms with Crippen molar-refractivity contribution in [1.29, 1.82) is 0 Å². The lowest BCUT2D eigenvalue weighted by Gasteiger charge is -2.06. The Morgan fingerprint density at radius 3 is 2.36 bits per heavy atom. The number of nitrogens with one attached hydrogen (secondary N) is 2. The number of carbonyl (C=O) groups is 2. The standard InChI is InChI=1S/C18H14ClFN2O2S/c19-12-6-4-11(5-7-12)17(23)21-8-9-22-18(24)16-10-13-14(20)2-1-3-15(13)25-16/h1-7,10H,8-9H2,(H,21,23)(H,22,24). The average Bonchev–Trinajstić information content (AvgIpc) is 3.05. The summed E-state index contributed by atoms with van der Waals surface area (Å²) in [4.78, 5) is 24.5. The fraction of sp³-hybridized carbons (Fsp3) is 0.111. The van der Waals surface area contributed by atoms with Crippen LogP contribution in [0.5, 0.6) is 0 Å². The highest BCUT2D eigenvalue weighted by Gasteiger charge is 2.12. The molecule has 1 aromatic heterocycles. The zero-order chi connectivity index (χ0) is 17.8. The summed E-state index contributed by atoms with van der Waals surface area (Å²) in [5.41, 5.74) is 0.496. The summed E-state index contributed by atoms with van der Waals surface area (Å²) < 4.78 is 14.4. The van der Waals surface area contributed by atoms with Crippen molar-refractivity contribution >= 4 is 44.8 Å². The number of fused-ring (bicyclic) bond motifs is 1. The first kappa shape index (κ1) is 17.4. The van der Waals surface area contributed by atoms with Gasteiger partial charge in [-0.05, 0) is 42.5 Å². The summed E-state index contributed by atoms with van der Waals surface area (Å²) in [5, 5.41) is 6.41. The van der Waals surface area contributed by atoms with Crippen LogP contribution >= 0.6 is 22.9 Å². The van der Waals surface area contributed by atoms with Crippen molar-refractivity contribution in [1.82, 2.24) is 10.6 Å². The molecular formula is C18H14ClFN2O2S. The number of hydrogen-bond donors (Lipinski definition) is 2. The normalized spacial score (nSPS) is 10.6. The SMILES string of the molecule is O=C(NCCNC(=O)c1cc2c(F)cccc2s1)c1ccc(Cl)cc1. The Bertz CT molecular complexity index is 924. The van der Waals surface area contributed by atoms with Crippen LogP contribution in [0.15, 0.2) is 48.5 Å². The third-order valence-corrected chi connectivity index (χ3v) is 4.89. The van der Waals surface area contributed by atoms with Crippen molar-refractivity contribution in [2.45, 2.75) is 0 Å². The van der Waals surface area contributed by atoms with Crippen molar-refractivity contribution in [3.63, 3.8) is 0 Å². The van der Waals surface area contributed by atoms with Gasteiger partial charge < -0.3 is 10.6 Å². The monoisotopic (exact) mass is 376 g/mol. The van der Waals surface area contributed by atoms with Gasteiger partial charge in [-0.3, -0.25) is 9.59 Å². The van der Waals surface area contributed by atoms with Crippen molar-refractivity contribution in [3.8, 4) is 0 Å². The lowest BCUT2D eigenvalue weighted by atomic mass is 10.2. The highest BCUT2D eigenvalue weighted by Crippen LogP contribution is 2.27. The molecule has 25 heavy (non-hydrogen) atoms. The smallest absolute Gasteiger partial charge is 0.261 e. The molecule has 0 aliphatic rings. The van der Waals surface area contributed by atoms with Crippen LogP contribution in [0.4, 0.5) is 4.39 Å². The topological polar surface area (TPSA) is 58.2 Å². The van der Waals surface area contributed by atoms with Gasteiger partial charge in [-0.2, -0.15) is 0 Å². The largest absolute Gasteiger partial charge is 0.350 e. The molecule has 128 valence electrons. The predicted octanol–water partition coefficient (Wildman–Crippen LogP) is 3.85. The molecule has 7 heteroatoms. The molecule has 0 saturated heterocycles. The van der Waals surface area contributed by atoms with Crippen LogP contribution < -0.4 is 10.6 Å². The van der Waals surface area contributed by atoms with E-state index in [-0.39, 0.29) is 30.7 Å². The van der Waals surface area contributed by atoms with E-state index < -0.39 is 0 Å². The minimum Gasteiger partial charge on any atom is -0.350 e. The zero-order valence-corrected chi connectivity index (χ0v) is 14.6. The third-order valence-electron chi connectivity index (χ3n) is 3.53. The number of halogens is 2. The molecule has 0 bridgehead atoms. The zero-order valence-electron chi connectivity index (χ0n) is 13.0. The molecule has 0 radical (unpaired) electrons. The van der Waals surface area contributed by atoms with Gasteiger partial charge in [-0.25, -0.2) is 4.39 Å². The van der Waals surface area contributed by atoms with Crippen molar-refractivity contribution in [2.75, 3.05) is 13.1 Å². The van der Waals surface area contributed by atoms with Gasteiger partial charge in [-0.15, -0.1) is 11.3 Å². The van der Waals surface area contributed by atoms with E-state index in [2.05, 4.69) is 10.6 Å². The third kappa shape index (κ3) is 4.15. The molecule has 2 N–H and O–H groups in total. The van der Waals surface area contributed by atoms with Gasteiger partial charge in [0.1, 0.15) is 5.82 Å². The van der Waals surface area contributed by atoms with E-state index in [4.69, 9.17) is 11.6 Å². The van der Waals surface area contributed by atoms with Crippen LogP contribution in [0.25, 0.3) is 10.1 Å². The molecule has 0 spiro atoms. The van der Waals surface area contributed by atoms with Crippen LogP contribution in [-0.4, -0.2) is 24.9 Å². The molecule has 4 nitrogen and oxygen atoms in total. The molecule has 0 aliphatic carbocycles. The molecule has 2 aromatic carbocycles. The van der Waals surface area contributed by atoms with Gasteiger partial charge >= 0.3 is 0 Å². The number of benzene rings is 2. The van der Waals surface area contributed by atoms with Gasteiger partial charge in [0.15, 0.2) is 0 Å². The summed E-state index contributed by atoms with van der Waals surface area (Å²) >= 11 is 7.00. The summed E-state index contributed by atoms with van der Waals surface area (Å²) in [5.74, 6) is -0.876. The maximum absolute atomic E-state index is 13.7. The number of carbonyl (C=O) groups excluding carboxylic acids is 2. The fourth-order valence-corrected chi connectivity index (χ4v) is 3.40. The molecule has 3 rings (SSSR count). The average molecular weight is 377 g/mol. The van der Waals surface area contributed by atoms with Gasteiger partial charge in [0.2, 0.25) is 0 Å². The van der Waals surface area contributed by atoms with Crippen LogP contribution in [0, 0.1) is 5.82 Å². The molecule has 0 aliphatic heterocycles. The second-order valence-electron chi connectivity index (χ2n) is 5.28. The molecule has 2 amide bonds. The maximum atomic E-state index is 13.7. The summed E-state index contributed by atoms with van der Waals surface area (Å²) in [6.07, 6.45) is 0. The molecule has 0 fully saturated rings. The van der Waals surface area contributed by atoms with Crippen molar-refractivity contribution < 1.29 is 14.0 Å². The van der Waals surface area contributed by atoms with Gasteiger partial charge in [-0.1, -0.05) is 17.7 Å². The predicted molar refractivity (Wildman–Crippen MR) is 97.9 cm³/mol. The highest BCUT2D eigenvalue weighted by molar-refractivity contribution is 7.20. The van der Waals surface area contributed by atoms with E-state index in [1.807, 2.05) is 0 Å². The first-order chi connectivity index (χ1) is 12.0. The Labute approximate surface area is 152 Å². The van der Waals surface area contributed by atoms with Crippen LogP contribution in [0.2, 0.25) is 5.02 Å². The second kappa shape index (κ2) is 7.63. The minimum absolute atomic E-state index is 0.241. The Morgan fingerprint density at radius 2 is 1.68 bits per heavy atom. The summed E-state index contributed by atoms with van der Waals surface area (Å²) in [6.45, 7) is 0.557. The minimum atomic E-state index is -0.344. The lowest BCUT2D eigenvalue weighted by molar-refractivity contribution is 0.0929. The number of amides is 2. The highest BCUT2D eigenvalue weighted by atomic mass is 35.5. The van der Waals surface area contributed by atoms with Gasteiger partial charge in [0, 0.05) is 33.8 Å². The Hall–Kier alpha value is -2.44. The van der Waals surface area contributed by atoms with E-state index in [9.17, 15) is 14.0 Å². The van der Waals surface area contributed by atoms with E-state index >= 15 is 0 Å². The van der Waals surface area contributed by atoms with E-state index in [1.54, 1.807) is 36.4 Å². The van der Waals surface area contributed by atoms with Gasteiger partial charge in [0.25, 0.3) is 11.8 Å². The first-order valence-corrected chi connectivity index (χ1v) is 8.74. The van der Waals surface area contributed by atoms with E-state index in [1.165, 1.54) is 23.5 Å². The fourth-order valence-electron chi connectivity index (χ4n) is 2.28. The molecule has 1 heterocycles. The molecular weight excluding hydrogens is 363 g/mol. The maximum Gasteiger partial charge on any atom is 0.261 e. The first-order valence-electron chi connectivity index (χ1n) is 7.54. The van der Waals surface area contributed by atoms with Gasteiger partial charge in [0.05, 0.1) is 4.88 Å². The lowest BCUT2D eigenvalue weighted by Crippen LogP contribution is -2.34. The Balaban J connectivity index is 1.51. The van der Waals surface area contributed by atoms with E-state index in [0.29, 0.717) is 20.8 Å². The van der Waals surface area contributed by atoms with Crippen LogP contribution in [-0.2, 0) is 0 Å².